The molecule has 0 radical (unpaired) electrons. The van der Waals surface area contributed by atoms with Crippen LogP contribution in [0.2, 0.25) is 0 Å². The van der Waals surface area contributed by atoms with Crippen LogP contribution in [0.1, 0.15) is 6.92 Å². The summed E-state index contributed by atoms with van der Waals surface area (Å²) < 4.78 is 0. The van der Waals surface area contributed by atoms with Gasteiger partial charge in [-0.05, 0) is 6.92 Å². The molecule has 0 aromatic carbocycles. The summed E-state index contributed by atoms with van der Waals surface area (Å²) in [7, 11) is 3.88. The Balaban J connectivity index is 3.84. The number of aliphatic imine (C=N–C) groups is 1. The van der Waals surface area contributed by atoms with Gasteiger partial charge in [-0.2, -0.15) is 0 Å². The fraction of sp³-hybridized carbons (Fsp3) is 0.500. The molecule has 0 saturated carbocycles. The van der Waals surface area contributed by atoms with Crippen molar-refractivity contribution in [3.63, 3.8) is 0 Å². The molecule has 0 aliphatic rings. The lowest BCUT2D eigenvalue weighted by molar-refractivity contribution is 0.557. The van der Waals surface area contributed by atoms with Gasteiger partial charge in [0.15, 0.2) is 0 Å². The van der Waals surface area contributed by atoms with Crippen molar-refractivity contribution >= 4 is 6.34 Å². The monoisotopic (exact) mass is 127 g/mol. The van der Waals surface area contributed by atoms with Crippen LogP contribution in [-0.4, -0.2) is 25.3 Å². The van der Waals surface area contributed by atoms with E-state index in [9.17, 15) is 0 Å². The molecule has 2 N–H and O–H groups in total. The number of nitrogens with two attached hydrogens (primary N) is 1. The summed E-state index contributed by atoms with van der Waals surface area (Å²) in [5.74, 6) is 0. The van der Waals surface area contributed by atoms with Gasteiger partial charge in [-0.25, -0.2) is 4.99 Å². The Morgan fingerprint density at radius 3 is 2.44 bits per heavy atom. The SMILES string of the molecule is CC(=C/N(C)C)/N=C\N. The van der Waals surface area contributed by atoms with Crippen LogP contribution in [0.5, 0.6) is 0 Å². The maximum Gasteiger partial charge on any atom is 0.0856 e. The average molecular weight is 127 g/mol. The average Bonchev–Trinajstić information content (AvgIpc) is 1.63. The Labute approximate surface area is 55.9 Å². The molecule has 0 aliphatic carbocycles. The Morgan fingerprint density at radius 2 is 2.11 bits per heavy atom. The van der Waals surface area contributed by atoms with Crippen LogP contribution < -0.4 is 5.73 Å². The summed E-state index contributed by atoms with van der Waals surface area (Å²) >= 11 is 0. The number of hydrogen-bond donors (Lipinski definition) is 1. The molecule has 0 amide bonds. The second kappa shape index (κ2) is 3.95. The second-order valence-electron chi connectivity index (χ2n) is 2.01. The highest BCUT2D eigenvalue weighted by atomic mass is 15.0. The molecular formula is C6H13N3. The predicted molar refractivity (Wildman–Crippen MR) is 40.1 cm³/mol. The van der Waals surface area contributed by atoms with Crippen molar-refractivity contribution in [3.05, 3.63) is 11.9 Å². The molecule has 0 bridgehead atoms. The summed E-state index contributed by atoms with van der Waals surface area (Å²) in [5, 5.41) is 0. The van der Waals surface area contributed by atoms with E-state index in [1.165, 1.54) is 6.34 Å². The molecule has 0 saturated heterocycles. The van der Waals surface area contributed by atoms with Crippen molar-refractivity contribution in [1.82, 2.24) is 4.90 Å². The van der Waals surface area contributed by atoms with E-state index in [4.69, 9.17) is 5.73 Å². The molecule has 0 unspecified atom stereocenters. The molecule has 0 heterocycles. The molecule has 0 aliphatic heterocycles. The highest BCUT2D eigenvalue weighted by Gasteiger charge is 1.81. The lowest BCUT2D eigenvalue weighted by Crippen LogP contribution is -2.01. The normalized spacial score (nSPS) is 12.6. The zero-order valence-electron chi connectivity index (χ0n) is 6.13. The first-order valence-corrected chi connectivity index (χ1v) is 2.76. The first-order chi connectivity index (χ1) is 4.16. The number of hydrogen-bond acceptors (Lipinski definition) is 2. The second-order valence-corrected chi connectivity index (χ2v) is 2.01. The van der Waals surface area contributed by atoms with Gasteiger partial charge in [-0.3, -0.25) is 0 Å². The smallest absolute Gasteiger partial charge is 0.0856 e. The molecule has 3 nitrogen and oxygen atoms in total. The third-order valence-electron chi connectivity index (χ3n) is 0.723. The third-order valence-corrected chi connectivity index (χ3v) is 0.723. The van der Waals surface area contributed by atoms with Crippen LogP contribution in [0, 0.1) is 0 Å². The van der Waals surface area contributed by atoms with Gasteiger partial charge in [-0.15, -0.1) is 0 Å². The van der Waals surface area contributed by atoms with Crippen molar-refractivity contribution in [2.24, 2.45) is 10.7 Å². The van der Waals surface area contributed by atoms with Gasteiger partial charge in [0.05, 0.1) is 12.0 Å². The maximum atomic E-state index is 5.05. The van der Waals surface area contributed by atoms with Gasteiger partial charge in [-0.1, -0.05) is 0 Å². The van der Waals surface area contributed by atoms with E-state index < -0.39 is 0 Å². The van der Waals surface area contributed by atoms with E-state index in [2.05, 4.69) is 4.99 Å². The minimum atomic E-state index is 0.905. The van der Waals surface area contributed by atoms with E-state index in [0.717, 1.165) is 5.70 Å². The van der Waals surface area contributed by atoms with E-state index >= 15 is 0 Å². The minimum Gasteiger partial charge on any atom is -0.390 e. The third kappa shape index (κ3) is 4.87. The topological polar surface area (TPSA) is 41.6 Å². The van der Waals surface area contributed by atoms with Crippen molar-refractivity contribution in [2.45, 2.75) is 6.92 Å². The highest BCUT2D eigenvalue weighted by Crippen LogP contribution is 1.92. The van der Waals surface area contributed by atoms with Crippen LogP contribution in [0.3, 0.4) is 0 Å². The Morgan fingerprint density at radius 1 is 1.56 bits per heavy atom. The summed E-state index contributed by atoms with van der Waals surface area (Å²) in [6.07, 6.45) is 3.18. The molecule has 0 atom stereocenters. The van der Waals surface area contributed by atoms with E-state index in [0.29, 0.717) is 0 Å². The lowest BCUT2D eigenvalue weighted by Gasteiger charge is -2.03. The zero-order chi connectivity index (χ0) is 7.28. The van der Waals surface area contributed by atoms with Crippen molar-refractivity contribution < 1.29 is 0 Å². The first kappa shape index (κ1) is 8.01. The van der Waals surface area contributed by atoms with Crippen LogP contribution in [0.15, 0.2) is 16.9 Å². The molecule has 0 aromatic rings. The van der Waals surface area contributed by atoms with E-state index in [-0.39, 0.29) is 0 Å². The fourth-order valence-electron chi connectivity index (χ4n) is 0.525. The van der Waals surface area contributed by atoms with Crippen molar-refractivity contribution in [1.29, 1.82) is 0 Å². The van der Waals surface area contributed by atoms with Crippen LogP contribution in [0.4, 0.5) is 0 Å². The van der Waals surface area contributed by atoms with Gasteiger partial charge in [0.1, 0.15) is 0 Å². The molecule has 9 heavy (non-hydrogen) atoms. The number of nitrogens with zero attached hydrogens (tertiary/aromatic N) is 2. The Bertz CT molecular complexity index is 124. The van der Waals surface area contributed by atoms with Crippen LogP contribution in [-0.2, 0) is 0 Å². The van der Waals surface area contributed by atoms with E-state index in [1.54, 1.807) is 0 Å². The van der Waals surface area contributed by atoms with Crippen molar-refractivity contribution in [2.75, 3.05) is 14.1 Å². The molecule has 3 heteroatoms. The van der Waals surface area contributed by atoms with Crippen LogP contribution >= 0.6 is 0 Å². The molecule has 0 spiro atoms. The fourth-order valence-corrected chi connectivity index (χ4v) is 0.525. The molecule has 0 rings (SSSR count). The summed E-state index contributed by atoms with van der Waals surface area (Å²) in [4.78, 5) is 5.76. The largest absolute Gasteiger partial charge is 0.390 e. The predicted octanol–water partition coefficient (Wildman–Crippen LogP) is 0.396. The minimum absolute atomic E-state index is 0.905. The van der Waals surface area contributed by atoms with Crippen LogP contribution in [0.25, 0.3) is 0 Å². The lowest BCUT2D eigenvalue weighted by atomic mass is 10.5. The molecular weight excluding hydrogens is 114 g/mol. The molecule has 0 aromatic heterocycles. The highest BCUT2D eigenvalue weighted by molar-refractivity contribution is 5.53. The first-order valence-electron chi connectivity index (χ1n) is 2.76. The van der Waals surface area contributed by atoms with Gasteiger partial charge < -0.3 is 10.6 Å². The Kier molecular flexibility index (Phi) is 3.51. The summed E-state index contributed by atoms with van der Waals surface area (Å²) in [6, 6.07) is 0. The van der Waals surface area contributed by atoms with Gasteiger partial charge in [0.25, 0.3) is 0 Å². The van der Waals surface area contributed by atoms with Gasteiger partial charge >= 0.3 is 0 Å². The summed E-state index contributed by atoms with van der Waals surface area (Å²) in [5.41, 5.74) is 5.96. The van der Waals surface area contributed by atoms with Gasteiger partial charge in [0, 0.05) is 20.3 Å². The molecule has 0 fully saturated rings. The quantitative estimate of drug-likeness (QED) is 0.431. The standard InChI is InChI=1S/C6H13N3/c1-6(8-5-7)4-9(2)3/h4-5H,1-3H3,(H2,7,8)/b6-4-. The number of allylic oxidation sites excluding steroid dienone is 1. The zero-order valence-corrected chi connectivity index (χ0v) is 6.13. The number of rotatable bonds is 2. The van der Waals surface area contributed by atoms with E-state index in [1.807, 2.05) is 32.1 Å². The van der Waals surface area contributed by atoms with Crippen molar-refractivity contribution in [3.8, 4) is 0 Å². The summed E-state index contributed by atoms with van der Waals surface area (Å²) in [6.45, 7) is 1.89. The Hall–Kier alpha value is -0.990. The maximum absolute atomic E-state index is 5.05. The molecule has 52 valence electrons. The van der Waals surface area contributed by atoms with Gasteiger partial charge in [0.2, 0.25) is 0 Å².